The highest BCUT2D eigenvalue weighted by Gasteiger charge is 2.44. The van der Waals surface area contributed by atoms with Gasteiger partial charge in [-0.25, -0.2) is 4.98 Å². The molecule has 9 nitrogen and oxygen atoms in total. The summed E-state index contributed by atoms with van der Waals surface area (Å²) in [6, 6.07) is 5.94. The standard InChI is InChI=1S/C27H38N4O5S/c1-7-36-14-22(33)30-24(27(4,5)6)26(35)31-13-20(32)12-21(31)25(34)29-16(2)18-8-10-19(11-9-18)23-17(3)28-15-37-23/h8-11,15-16,20-21,24,32H,7,12-14H2,1-6H3,(H,29,34)(H,30,33)/t16?,20-,21?,24-/m1/s1. The Morgan fingerprint density at radius 2 is 1.89 bits per heavy atom. The Morgan fingerprint density at radius 3 is 2.46 bits per heavy atom. The topological polar surface area (TPSA) is 121 Å². The molecule has 3 N–H and O–H groups in total. The zero-order valence-corrected chi connectivity index (χ0v) is 23.2. The number of aliphatic hydroxyl groups excluding tert-OH is 1. The zero-order valence-electron chi connectivity index (χ0n) is 22.4. The van der Waals surface area contributed by atoms with Crippen molar-refractivity contribution in [3.05, 3.63) is 41.0 Å². The predicted octanol–water partition coefficient (Wildman–Crippen LogP) is 2.82. The van der Waals surface area contributed by atoms with Gasteiger partial charge in [0.25, 0.3) is 0 Å². The third-order valence-electron chi connectivity index (χ3n) is 6.50. The summed E-state index contributed by atoms with van der Waals surface area (Å²) in [5.74, 6) is -1.14. The lowest BCUT2D eigenvalue weighted by molar-refractivity contribution is -0.144. The second-order valence-corrected chi connectivity index (χ2v) is 11.4. The van der Waals surface area contributed by atoms with E-state index >= 15 is 0 Å². The smallest absolute Gasteiger partial charge is 0.246 e. The lowest BCUT2D eigenvalue weighted by Gasteiger charge is -2.35. The van der Waals surface area contributed by atoms with E-state index in [0.29, 0.717) is 6.61 Å². The molecule has 202 valence electrons. The molecule has 0 radical (unpaired) electrons. The summed E-state index contributed by atoms with van der Waals surface area (Å²) < 4.78 is 5.17. The fourth-order valence-corrected chi connectivity index (χ4v) is 5.22. The second-order valence-electron chi connectivity index (χ2n) is 10.5. The van der Waals surface area contributed by atoms with E-state index in [1.54, 1.807) is 18.3 Å². The first kappa shape index (κ1) is 28.7. The summed E-state index contributed by atoms with van der Waals surface area (Å²) in [6.07, 6.45) is -0.686. The number of nitrogens with zero attached hydrogens (tertiary/aromatic N) is 2. The third-order valence-corrected chi connectivity index (χ3v) is 7.48. The van der Waals surface area contributed by atoms with Gasteiger partial charge in [-0.2, -0.15) is 0 Å². The predicted molar refractivity (Wildman–Crippen MR) is 143 cm³/mol. The van der Waals surface area contributed by atoms with E-state index < -0.39 is 35.4 Å². The lowest BCUT2D eigenvalue weighted by atomic mass is 9.85. The first-order chi connectivity index (χ1) is 17.4. The van der Waals surface area contributed by atoms with Crippen LogP contribution in [0.2, 0.25) is 0 Å². The Labute approximate surface area is 222 Å². The Balaban J connectivity index is 1.71. The van der Waals surface area contributed by atoms with Gasteiger partial charge in [-0.05, 0) is 37.3 Å². The van der Waals surface area contributed by atoms with Gasteiger partial charge in [0.1, 0.15) is 18.7 Å². The van der Waals surface area contributed by atoms with Crippen LogP contribution in [-0.4, -0.2) is 70.7 Å². The summed E-state index contributed by atoms with van der Waals surface area (Å²) in [5.41, 5.74) is 4.17. The fourth-order valence-electron chi connectivity index (χ4n) is 4.41. The van der Waals surface area contributed by atoms with Crippen LogP contribution in [0.3, 0.4) is 0 Å². The Kier molecular flexibility index (Phi) is 9.44. The van der Waals surface area contributed by atoms with Crippen LogP contribution < -0.4 is 10.6 Å². The number of hydrogen-bond donors (Lipinski definition) is 3. The summed E-state index contributed by atoms with van der Waals surface area (Å²) >= 11 is 1.58. The summed E-state index contributed by atoms with van der Waals surface area (Å²) in [5, 5.41) is 16.1. The Morgan fingerprint density at radius 1 is 1.22 bits per heavy atom. The largest absolute Gasteiger partial charge is 0.391 e. The van der Waals surface area contributed by atoms with Gasteiger partial charge < -0.3 is 25.4 Å². The fraction of sp³-hybridized carbons (Fsp3) is 0.556. The summed E-state index contributed by atoms with van der Waals surface area (Å²) in [4.78, 5) is 46.0. The number of carbonyl (C=O) groups is 3. The van der Waals surface area contributed by atoms with E-state index in [2.05, 4.69) is 15.6 Å². The van der Waals surface area contributed by atoms with Crippen molar-refractivity contribution in [3.8, 4) is 10.4 Å². The second kappa shape index (κ2) is 12.1. The van der Waals surface area contributed by atoms with E-state index in [9.17, 15) is 19.5 Å². The van der Waals surface area contributed by atoms with Crippen LogP contribution in [-0.2, 0) is 19.1 Å². The van der Waals surface area contributed by atoms with Gasteiger partial charge in [-0.15, -0.1) is 11.3 Å². The number of carbonyl (C=O) groups excluding carboxylic acids is 3. The maximum absolute atomic E-state index is 13.6. The molecule has 3 amide bonds. The average molecular weight is 531 g/mol. The number of aryl methyl sites for hydroxylation is 1. The van der Waals surface area contributed by atoms with Gasteiger partial charge in [0.2, 0.25) is 17.7 Å². The van der Waals surface area contributed by atoms with E-state index in [-0.39, 0.29) is 31.5 Å². The minimum atomic E-state index is -0.874. The van der Waals surface area contributed by atoms with Crippen LogP contribution >= 0.6 is 11.3 Å². The van der Waals surface area contributed by atoms with Crippen LogP contribution in [0.25, 0.3) is 10.4 Å². The molecule has 2 unspecified atom stereocenters. The molecule has 1 aliphatic rings. The van der Waals surface area contributed by atoms with E-state index in [1.165, 1.54) is 4.90 Å². The highest BCUT2D eigenvalue weighted by molar-refractivity contribution is 7.13. The molecule has 0 saturated carbocycles. The van der Waals surface area contributed by atoms with E-state index in [1.807, 2.05) is 64.4 Å². The van der Waals surface area contributed by atoms with Gasteiger partial charge in [0.05, 0.1) is 28.2 Å². The van der Waals surface area contributed by atoms with Gasteiger partial charge in [0.15, 0.2) is 0 Å². The molecule has 4 atom stereocenters. The van der Waals surface area contributed by atoms with Gasteiger partial charge >= 0.3 is 0 Å². The number of rotatable bonds is 9. The van der Waals surface area contributed by atoms with Crippen molar-refractivity contribution in [2.75, 3.05) is 19.8 Å². The van der Waals surface area contributed by atoms with Gasteiger partial charge in [-0.1, -0.05) is 45.0 Å². The number of ether oxygens (including phenoxy) is 1. The Hall–Kier alpha value is -2.82. The molecule has 1 aliphatic heterocycles. The normalized spacial score (nSPS) is 19.4. The molecule has 1 fully saturated rings. The number of aliphatic hydroxyl groups is 1. The van der Waals surface area contributed by atoms with Crippen LogP contribution in [0.15, 0.2) is 29.8 Å². The van der Waals surface area contributed by atoms with Crippen molar-refractivity contribution in [3.63, 3.8) is 0 Å². The van der Waals surface area contributed by atoms with Crippen LogP contribution in [0.1, 0.15) is 58.3 Å². The SMILES string of the molecule is CCOCC(=O)N[C@H](C(=O)N1C[C@H](O)CC1C(=O)NC(C)c1ccc(-c2scnc2C)cc1)C(C)(C)C. The molecule has 0 spiro atoms. The van der Waals surface area contributed by atoms with Crippen molar-refractivity contribution >= 4 is 29.1 Å². The number of benzene rings is 1. The first-order valence-electron chi connectivity index (χ1n) is 12.6. The van der Waals surface area contributed by atoms with Crippen molar-refractivity contribution in [1.29, 1.82) is 0 Å². The maximum Gasteiger partial charge on any atom is 0.246 e. The van der Waals surface area contributed by atoms with E-state index in [0.717, 1.165) is 21.7 Å². The lowest BCUT2D eigenvalue weighted by Crippen LogP contribution is -2.58. The molecule has 1 aromatic carbocycles. The molecule has 37 heavy (non-hydrogen) atoms. The molecule has 1 saturated heterocycles. The summed E-state index contributed by atoms with van der Waals surface area (Å²) in [6.45, 7) is 11.4. The molecule has 1 aromatic heterocycles. The van der Waals surface area contributed by atoms with Crippen molar-refractivity contribution in [2.45, 2.75) is 72.2 Å². The molecule has 2 heterocycles. The van der Waals surface area contributed by atoms with Crippen LogP contribution in [0.5, 0.6) is 0 Å². The minimum Gasteiger partial charge on any atom is -0.391 e. The molecule has 2 aromatic rings. The number of nitrogens with one attached hydrogen (secondary N) is 2. The van der Waals surface area contributed by atoms with Crippen LogP contribution in [0, 0.1) is 12.3 Å². The number of β-amino-alcohol motifs (C(OH)–C–C–N with tert-alkyl or cyclic N) is 1. The van der Waals surface area contributed by atoms with Crippen molar-refractivity contribution in [2.24, 2.45) is 5.41 Å². The molecule has 10 heteroatoms. The van der Waals surface area contributed by atoms with E-state index in [4.69, 9.17) is 4.74 Å². The number of amides is 3. The number of thiazole rings is 1. The zero-order chi connectivity index (χ0) is 27.3. The Bertz CT molecular complexity index is 1090. The molecule has 3 rings (SSSR count). The number of hydrogen-bond acceptors (Lipinski definition) is 7. The van der Waals surface area contributed by atoms with Crippen molar-refractivity contribution < 1.29 is 24.2 Å². The molecule has 0 bridgehead atoms. The quantitative estimate of drug-likeness (QED) is 0.459. The summed E-state index contributed by atoms with van der Waals surface area (Å²) in [7, 11) is 0. The highest BCUT2D eigenvalue weighted by Crippen LogP contribution is 2.29. The molecule has 0 aliphatic carbocycles. The number of likely N-dealkylation sites (tertiary alicyclic amines) is 1. The minimum absolute atomic E-state index is 0.0299. The maximum atomic E-state index is 13.6. The average Bonchev–Trinajstić information content (AvgIpc) is 3.45. The highest BCUT2D eigenvalue weighted by atomic mass is 32.1. The van der Waals surface area contributed by atoms with Crippen molar-refractivity contribution in [1.82, 2.24) is 20.5 Å². The molecular formula is C27H38N4O5S. The molecular weight excluding hydrogens is 492 g/mol. The van der Waals surface area contributed by atoms with Crippen LogP contribution in [0.4, 0.5) is 0 Å². The third kappa shape index (κ3) is 7.15. The monoisotopic (exact) mass is 530 g/mol. The van der Waals surface area contributed by atoms with Gasteiger partial charge in [0, 0.05) is 19.6 Å². The number of aromatic nitrogens is 1. The first-order valence-corrected chi connectivity index (χ1v) is 13.5. The van der Waals surface area contributed by atoms with Gasteiger partial charge in [-0.3, -0.25) is 14.4 Å².